The summed E-state index contributed by atoms with van der Waals surface area (Å²) in [5.41, 5.74) is 1.39. The van der Waals surface area contributed by atoms with E-state index in [9.17, 15) is 4.39 Å². The van der Waals surface area contributed by atoms with Crippen molar-refractivity contribution in [3.63, 3.8) is 0 Å². The molecule has 1 aromatic carbocycles. The van der Waals surface area contributed by atoms with Crippen molar-refractivity contribution >= 4 is 0 Å². The molecule has 4 nitrogen and oxygen atoms in total. The molecule has 5 heteroatoms. The minimum atomic E-state index is -0.217. The summed E-state index contributed by atoms with van der Waals surface area (Å²) >= 11 is 0. The average molecular weight is 285 g/mol. The maximum absolute atomic E-state index is 13.7. The maximum atomic E-state index is 13.7. The number of aryl methyl sites for hydroxylation is 1. The lowest BCUT2D eigenvalue weighted by atomic mass is 10.0. The van der Waals surface area contributed by atoms with Crippen LogP contribution in [0.1, 0.15) is 24.1 Å². The highest BCUT2D eigenvalue weighted by Gasteiger charge is 2.13. The SMILES string of the molecule is CNC(C)c1cc(F)c(C)cc1OCCOCCOC. The van der Waals surface area contributed by atoms with Gasteiger partial charge in [-0.25, -0.2) is 4.39 Å². The molecule has 0 fully saturated rings. The smallest absolute Gasteiger partial charge is 0.126 e. The van der Waals surface area contributed by atoms with Crippen LogP contribution in [-0.2, 0) is 9.47 Å². The third-order valence-electron chi connectivity index (χ3n) is 3.11. The number of benzene rings is 1. The van der Waals surface area contributed by atoms with E-state index in [1.54, 1.807) is 20.1 Å². The van der Waals surface area contributed by atoms with Crippen molar-refractivity contribution < 1.29 is 18.6 Å². The molecular formula is C15H24FNO3. The van der Waals surface area contributed by atoms with E-state index < -0.39 is 0 Å². The Hall–Kier alpha value is -1.17. The first kappa shape index (κ1) is 16.9. The minimum absolute atomic E-state index is 0.0227. The van der Waals surface area contributed by atoms with Crippen LogP contribution in [0.25, 0.3) is 0 Å². The highest BCUT2D eigenvalue weighted by molar-refractivity contribution is 5.40. The number of methoxy groups -OCH3 is 1. The van der Waals surface area contributed by atoms with E-state index in [2.05, 4.69) is 5.32 Å². The lowest BCUT2D eigenvalue weighted by molar-refractivity contribution is 0.0542. The van der Waals surface area contributed by atoms with E-state index in [1.807, 2.05) is 14.0 Å². The molecule has 0 saturated heterocycles. The molecule has 1 unspecified atom stereocenters. The van der Waals surface area contributed by atoms with Crippen LogP contribution in [0.3, 0.4) is 0 Å². The number of rotatable bonds is 9. The highest BCUT2D eigenvalue weighted by Crippen LogP contribution is 2.28. The topological polar surface area (TPSA) is 39.7 Å². The van der Waals surface area contributed by atoms with Crippen LogP contribution in [0.15, 0.2) is 12.1 Å². The Labute approximate surface area is 120 Å². The lowest BCUT2D eigenvalue weighted by Crippen LogP contribution is -2.16. The standard InChI is InChI=1S/C15H24FNO3/c1-11-9-15(20-8-7-19-6-5-18-4)13(10-14(11)16)12(2)17-3/h9-10,12,17H,5-8H2,1-4H3. The Morgan fingerprint density at radius 3 is 2.55 bits per heavy atom. The number of halogens is 1. The van der Waals surface area contributed by atoms with Crippen LogP contribution in [0.2, 0.25) is 0 Å². The molecule has 0 aliphatic heterocycles. The zero-order chi connectivity index (χ0) is 15.0. The third-order valence-corrected chi connectivity index (χ3v) is 3.11. The molecule has 0 aliphatic rings. The van der Waals surface area contributed by atoms with Gasteiger partial charge in [0.2, 0.25) is 0 Å². The van der Waals surface area contributed by atoms with Crippen LogP contribution in [0, 0.1) is 12.7 Å². The molecule has 1 rings (SSSR count). The van der Waals surface area contributed by atoms with Crippen molar-refractivity contribution in [3.05, 3.63) is 29.1 Å². The van der Waals surface area contributed by atoms with E-state index in [0.717, 1.165) is 5.56 Å². The fourth-order valence-electron chi connectivity index (χ4n) is 1.74. The van der Waals surface area contributed by atoms with Crippen molar-refractivity contribution in [1.29, 1.82) is 0 Å². The summed E-state index contributed by atoms with van der Waals surface area (Å²) in [5, 5.41) is 3.09. The first-order valence-electron chi connectivity index (χ1n) is 6.77. The molecule has 1 N–H and O–H groups in total. The van der Waals surface area contributed by atoms with Crippen LogP contribution in [0.4, 0.5) is 4.39 Å². The third kappa shape index (κ3) is 5.07. The average Bonchev–Trinajstić information content (AvgIpc) is 2.45. The number of nitrogens with one attached hydrogen (secondary N) is 1. The van der Waals surface area contributed by atoms with E-state index in [-0.39, 0.29) is 11.9 Å². The number of hydrogen-bond donors (Lipinski definition) is 1. The molecule has 1 atom stereocenters. The second-order valence-corrected chi connectivity index (χ2v) is 4.60. The fraction of sp³-hybridized carbons (Fsp3) is 0.600. The summed E-state index contributed by atoms with van der Waals surface area (Å²) in [5.74, 6) is 0.479. The molecule has 0 amide bonds. The first-order valence-corrected chi connectivity index (χ1v) is 6.77. The number of hydrogen-bond acceptors (Lipinski definition) is 4. The highest BCUT2D eigenvalue weighted by atomic mass is 19.1. The second-order valence-electron chi connectivity index (χ2n) is 4.60. The summed E-state index contributed by atoms with van der Waals surface area (Å²) in [4.78, 5) is 0. The molecule has 20 heavy (non-hydrogen) atoms. The van der Waals surface area contributed by atoms with Gasteiger partial charge >= 0.3 is 0 Å². The predicted molar refractivity (Wildman–Crippen MR) is 76.8 cm³/mol. The normalized spacial score (nSPS) is 12.4. The molecule has 0 heterocycles. The molecule has 0 spiro atoms. The molecular weight excluding hydrogens is 261 g/mol. The van der Waals surface area contributed by atoms with Gasteiger partial charge in [0.15, 0.2) is 0 Å². The van der Waals surface area contributed by atoms with Gasteiger partial charge < -0.3 is 19.5 Å². The van der Waals surface area contributed by atoms with Gasteiger partial charge in [-0.2, -0.15) is 0 Å². The van der Waals surface area contributed by atoms with Gasteiger partial charge in [0.25, 0.3) is 0 Å². The molecule has 0 saturated carbocycles. The first-order chi connectivity index (χ1) is 9.60. The lowest BCUT2D eigenvalue weighted by Gasteiger charge is -2.17. The summed E-state index contributed by atoms with van der Waals surface area (Å²) in [7, 11) is 3.46. The zero-order valence-electron chi connectivity index (χ0n) is 12.7. The molecule has 0 radical (unpaired) electrons. The Morgan fingerprint density at radius 2 is 1.90 bits per heavy atom. The van der Waals surface area contributed by atoms with Crippen molar-refractivity contribution in [3.8, 4) is 5.75 Å². The predicted octanol–water partition coefficient (Wildman–Crippen LogP) is 2.46. The fourth-order valence-corrected chi connectivity index (χ4v) is 1.74. The van der Waals surface area contributed by atoms with Crippen LogP contribution in [0.5, 0.6) is 5.75 Å². The van der Waals surface area contributed by atoms with E-state index in [4.69, 9.17) is 14.2 Å². The molecule has 0 aliphatic carbocycles. The van der Waals surface area contributed by atoms with E-state index in [1.165, 1.54) is 6.07 Å². The Kier molecular flexibility index (Phi) is 7.51. The number of ether oxygens (including phenoxy) is 3. The van der Waals surface area contributed by atoms with Crippen LogP contribution in [-0.4, -0.2) is 40.6 Å². The summed E-state index contributed by atoms with van der Waals surface area (Å²) in [6.07, 6.45) is 0. The Morgan fingerprint density at radius 1 is 1.20 bits per heavy atom. The maximum Gasteiger partial charge on any atom is 0.126 e. The minimum Gasteiger partial charge on any atom is -0.491 e. The monoisotopic (exact) mass is 285 g/mol. The molecule has 0 bridgehead atoms. The molecule has 114 valence electrons. The van der Waals surface area contributed by atoms with Crippen molar-refractivity contribution in [2.24, 2.45) is 0 Å². The van der Waals surface area contributed by atoms with Gasteiger partial charge in [-0.1, -0.05) is 0 Å². The van der Waals surface area contributed by atoms with Gasteiger partial charge in [0.05, 0.1) is 19.8 Å². The molecule has 1 aromatic rings. The van der Waals surface area contributed by atoms with Crippen LogP contribution < -0.4 is 10.1 Å². The molecule has 0 aromatic heterocycles. The van der Waals surface area contributed by atoms with Crippen molar-refractivity contribution in [1.82, 2.24) is 5.32 Å². The summed E-state index contributed by atoms with van der Waals surface area (Å²) in [6, 6.07) is 3.28. The van der Waals surface area contributed by atoms with Gasteiger partial charge in [-0.3, -0.25) is 0 Å². The van der Waals surface area contributed by atoms with Gasteiger partial charge in [-0.15, -0.1) is 0 Å². The van der Waals surface area contributed by atoms with Gasteiger partial charge in [0, 0.05) is 18.7 Å². The van der Waals surface area contributed by atoms with Crippen molar-refractivity contribution in [2.75, 3.05) is 40.6 Å². The van der Waals surface area contributed by atoms with Gasteiger partial charge in [0.1, 0.15) is 18.2 Å². The second kappa shape index (κ2) is 8.89. The van der Waals surface area contributed by atoms with E-state index in [0.29, 0.717) is 37.7 Å². The van der Waals surface area contributed by atoms with Crippen molar-refractivity contribution in [2.45, 2.75) is 19.9 Å². The Bertz CT molecular complexity index is 412. The van der Waals surface area contributed by atoms with Gasteiger partial charge in [-0.05, 0) is 38.6 Å². The van der Waals surface area contributed by atoms with E-state index >= 15 is 0 Å². The Balaban J connectivity index is 2.61. The quantitative estimate of drug-likeness (QED) is 0.708. The van der Waals surface area contributed by atoms with Crippen LogP contribution >= 0.6 is 0 Å². The summed E-state index contributed by atoms with van der Waals surface area (Å²) < 4.78 is 29.6. The zero-order valence-corrected chi connectivity index (χ0v) is 12.7. The largest absolute Gasteiger partial charge is 0.491 e. The summed E-state index contributed by atoms with van der Waals surface area (Å²) in [6.45, 7) is 5.71.